The molecule has 1 aliphatic heterocycles. The van der Waals surface area contributed by atoms with Crippen LogP contribution in [0.2, 0.25) is 0 Å². The Balaban J connectivity index is 1.45. The van der Waals surface area contributed by atoms with Crippen molar-refractivity contribution in [3.8, 4) is 11.6 Å². The van der Waals surface area contributed by atoms with Gasteiger partial charge in [0.2, 0.25) is 10.8 Å². The number of aromatic nitrogens is 3. The van der Waals surface area contributed by atoms with E-state index in [-0.39, 0.29) is 11.7 Å². The molecular formula is C24H26FN5O2S. The summed E-state index contributed by atoms with van der Waals surface area (Å²) in [6.45, 7) is 5.00. The van der Waals surface area contributed by atoms with E-state index >= 15 is 0 Å². The number of halogens is 1. The number of nitrogens with zero attached hydrogens (tertiary/aromatic N) is 5. The number of ether oxygens (including phenoxy) is 1. The summed E-state index contributed by atoms with van der Waals surface area (Å²) in [5.41, 5.74) is 1.68. The zero-order chi connectivity index (χ0) is 22.9. The lowest BCUT2D eigenvalue weighted by Gasteiger charge is -2.40. The average molecular weight is 468 g/mol. The minimum Gasteiger partial charge on any atom is -0.497 e. The summed E-state index contributed by atoms with van der Waals surface area (Å²) in [5.74, 6) is 1.26. The number of rotatable bonds is 6. The number of benzene rings is 2. The summed E-state index contributed by atoms with van der Waals surface area (Å²) in [7, 11) is 1.66. The second-order valence-electron chi connectivity index (χ2n) is 8.01. The summed E-state index contributed by atoms with van der Waals surface area (Å²) < 4.78 is 21.7. The number of hydrogen-bond acceptors (Lipinski definition) is 7. The fraction of sp³-hybridized carbons (Fsp3) is 0.333. The second kappa shape index (κ2) is 8.99. The number of aryl methyl sites for hydroxylation is 1. The van der Waals surface area contributed by atoms with Crippen molar-refractivity contribution in [2.75, 3.05) is 38.2 Å². The highest BCUT2D eigenvalue weighted by atomic mass is 32.1. The molecule has 5 rings (SSSR count). The normalized spacial score (nSPS) is 15.8. The van der Waals surface area contributed by atoms with Crippen molar-refractivity contribution in [1.82, 2.24) is 19.5 Å². The van der Waals surface area contributed by atoms with Crippen LogP contribution < -0.4 is 9.64 Å². The Morgan fingerprint density at radius 3 is 2.45 bits per heavy atom. The van der Waals surface area contributed by atoms with Crippen LogP contribution >= 0.6 is 11.3 Å². The van der Waals surface area contributed by atoms with Crippen LogP contribution in [0.1, 0.15) is 29.2 Å². The molecule has 1 atom stereocenters. The van der Waals surface area contributed by atoms with Gasteiger partial charge < -0.3 is 14.7 Å². The molecule has 0 saturated carbocycles. The maximum absolute atomic E-state index is 15.0. The highest BCUT2D eigenvalue weighted by Gasteiger charge is 2.33. The number of anilines is 1. The van der Waals surface area contributed by atoms with Gasteiger partial charge in [-0.05, 0) is 30.3 Å². The smallest absolute Gasteiger partial charge is 0.230 e. The van der Waals surface area contributed by atoms with Crippen LogP contribution in [-0.4, -0.2) is 57.9 Å². The van der Waals surface area contributed by atoms with Gasteiger partial charge in [-0.3, -0.25) is 4.90 Å². The summed E-state index contributed by atoms with van der Waals surface area (Å²) in [6, 6.07) is 14.4. The molecule has 1 N–H and O–H groups in total. The highest BCUT2D eigenvalue weighted by molar-refractivity contribution is 7.17. The third-order valence-corrected chi connectivity index (χ3v) is 7.20. The zero-order valence-corrected chi connectivity index (χ0v) is 19.4. The maximum Gasteiger partial charge on any atom is 0.230 e. The Labute approximate surface area is 195 Å². The number of hydrogen-bond donors (Lipinski definition) is 1. The molecule has 1 aliphatic rings. The number of methoxy groups -OCH3 is 1. The van der Waals surface area contributed by atoms with Crippen molar-refractivity contribution >= 4 is 22.0 Å². The maximum atomic E-state index is 15.0. The van der Waals surface area contributed by atoms with E-state index in [1.807, 2.05) is 25.1 Å². The van der Waals surface area contributed by atoms with Gasteiger partial charge >= 0.3 is 0 Å². The molecule has 4 aromatic rings. The second-order valence-corrected chi connectivity index (χ2v) is 9.02. The fourth-order valence-corrected chi connectivity index (χ4v) is 5.48. The highest BCUT2D eigenvalue weighted by Crippen LogP contribution is 2.41. The molecule has 0 aliphatic carbocycles. The van der Waals surface area contributed by atoms with Crippen LogP contribution in [0, 0.1) is 5.82 Å². The largest absolute Gasteiger partial charge is 0.497 e. The van der Waals surface area contributed by atoms with Gasteiger partial charge in [-0.15, -0.1) is 5.10 Å². The summed E-state index contributed by atoms with van der Waals surface area (Å²) in [5, 5.41) is 15.4. The molecule has 0 bridgehead atoms. The van der Waals surface area contributed by atoms with Gasteiger partial charge in [0.15, 0.2) is 5.82 Å². The van der Waals surface area contributed by atoms with E-state index < -0.39 is 6.04 Å². The van der Waals surface area contributed by atoms with E-state index in [4.69, 9.17) is 4.74 Å². The lowest BCUT2D eigenvalue weighted by Crippen LogP contribution is -2.48. The van der Waals surface area contributed by atoms with Gasteiger partial charge in [-0.1, -0.05) is 36.5 Å². The number of fused-ring (bicyclic) bond motifs is 1. The minimum atomic E-state index is -0.414. The Bertz CT molecular complexity index is 1250. The van der Waals surface area contributed by atoms with Gasteiger partial charge in [0.25, 0.3) is 0 Å². The SMILES string of the molecule is CCc1nc2sc(C(c3ccccc3F)N3CCN(c4ccc(OC)cc4)CC3)c(O)n2n1. The average Bonchev–Trinajstić information content (AvgIpc) is 3.40. The Morgan fingerprint density at radius 2 is 1.82 bits per heavy atom. The van der Waals surface area contributed by atoms with E-state index in [1.165, 1.54) is 21.9 Å². The van der Waals surface area contributed by atoms with Gasteiger partial charge in [0, 0.05) is 43.9 Å². The van der Waals surface area contributed by atoms with Crippen molar-refractivity contribution in [2.45, 2.75) is 19.4 Å². The molecule has 1 fully saturated rings. The van der Waals surface area contributed by atoms with Crippen molar-refractivity contribution < 1.29 is 14.2 Å². The number of aromatic hydroxyl groups is 1. The Hall–Kier alpha value is -3.17. The van der Waals surface area contributed by atoms with Crippen LogP contribution in [0.3, 0.4) is 0 Å². The molecule has 1 unspecified atom stereocenters. The first-order chi connectivity index (χ1) is 16.1. The van der Waals surface area contributed by atoms with Crippen molar-refractivity contribution in [3.05, 3.63) is 70.6 Å². The molecule has 3 heterocycles. The Morgan fingerprint density at radius 1 is 1.09 bits per heavy atom. The van der Waals surface area contributed by atoms with Crippen LogP contribution in [0.4, 0.5) is 10.1 Å². The third-order valence-electron chi connectivity index (χ3n) is 6.12. The fourth-order valence-electron chi connectivity index (χ4n) is 4.35. The van der Waals surface area contributed by atoms with E-state index in [2.05, 4.69) is 32.0 Å². The Kier molecular flexibility index (Phi) is 5.90. The standard InChI is InChI=1S/C24H26FN5O2S/c1-3-20-26-24-30(27-20)23(31)22(33-24)21(18-6-4-5-7-19(18)25)29-14-12-28(13-15-29)16-8-10-17(32-2)11-9-16/h4-11,21,31H,3,12-15H2,1-2H3. The van der Waals surface area contributed by atoms with Crippen molar-refractivity contribution in [3.63, 3.8) is 0 Å². The van der Waals surface area contributed by atoms with Gasteiger partial charge in [-0.2, -0.15) is 4.52 Å². The van der Waals surface area contributed by atoms with E-state index in [0.29, 0.717) is 27.6 Å². The van der Waals surface area contributed by atoms with Crippen molar-refractivity contribution in [1.29, 1.82) is 0 Å². The van der Waals surface area contributed by atoms with Gasteiger partial charge in [0.1, 0.15) is 11.6 Å². The lowest BCUT2D eigenvalue weighted by atomic mass is 10.0. The summed E-state index contributed by atoms with van der Waals surface area (Å²) in [4.78, 5) is 10.3. The lowest BCUT2D eigenvalue weighted by molar-refractivity contribution is 0.208. The molecule has 2 aromatic heterocycles. The minimum absolute atomic E-state index is 0.0352. The molecule has 33 heavy (non-hydrogen) atoms. The summed E-state index contributed by atoms with van der Waals surface area (Å²) >= 11 is 1.37. The molecule has 172 valence electrons. The number of piperazine rings is 1. The molecule has 1 saturated heterocycles. The van der Waals surface area contributed by atoms with Crippen LogP contribution in [0.15, 0.2) is 48.5 Å². The first kappa shape index (κ1) is 21.7. The van der Waals surface area contributed by atoms with E-state index in [9.17, 15) is 9.50 Å². The topological polar surface area (TPSA) is 66.1 Å². The molecule has 0 amide bonds. The molecule has 2 aromatic carbocycles. The first-order valence-corrected chi connectivity index (χ1v) is 11.9. The third kappa shape index (κ3) is 4.02. The predicted molar refractivity (Wildman–Crippen MR) is 127 cm³/mol. The molecule has 7 nitrogen and oxygen atoms in total. The summed E-state index contributed by atoms with van der Waals surface area (Å²) in [6.07, 6.45) is 0.688. The molecule has 9 heteroatoms. The van der Waals surface area contributed by atoms with Crippen LogP contribution in [0.25, 0.3) is 4.96 Å². The van der Waals surface area contributed by atoms with E-state index in [0.717, 1.165) is 37.6 Å². The zero-order valence-electron chi connectivity index (χ0n) is 18.6. The molecule has 0 spiro atoms. The van der Waals surface area contributed by atoms with Crippen LogP contribution in [-0.2, 0) is 6.42 Å². The van der Waals surface area contributed by atoms with Crippen LogP contribution in [0.5, 0.6) is 11.6 Å². The molecule has 0 radical (unpaired) electrons. The van der Waals surface area contributed by atoms with Crippen molar-refractivity contribution in [2.24, 2.45) is 0 Å². The predicted octanol–water partition coefficient (Wildman–Crippen LogP) is 4.12. The quantitative estimate of drug-likeness (QED) is 0.460. The molecular weight excluding hydrogens is 441 g/mol. The van der Waals surface area contributed by atoms with Gasteiger partial charge in [-0.25, -0.2) is 9.37 Å². The van der Waals surface area contributed by atoms with Gasteiger partial charge in [0.05, 0.1) is 18.0 Å². The monoisotopic (exact) mass is 467 g/mol. The van der Waals surface area contributed by atoms with E-state index in [1.54, 1.807) is 19.2 Å². The first-order valence-electron chi connectivity index (χ1n) is 11.0. The number of thiazole rings is 1.